The van der Waals surface area contributed by atoms with Crippen LogP contribution in [0, 0.1) is 0 Å². The molecule has 5 nitrogen and oxygen atoms in total. The third-order valence-corrected chi connectivity index (χ3v) is 8.48. The fourth-order valence-electron chi connectivity index (χ4n) is 5.57. The highest BCUT2D eigenvalue weighted by Gasteiger charge is 2.20. The molecule has 0 fully saturated rings. The molecule has 0 bridgehead atoms. The van der Waals surface area contributed by atoms with Crippen LogP contribution in [0.3, 0.4) is 0 Å². The standard InChI is InChI=1S/C38H73NO4/c1-3-5-7-9-11-13-15-17-18-19-20-21-23-25-27-29-31-35(41)33-38(43)39-36(34-40)37(42)32-30-28-26-24-22-16-14-12-10-8-6-4-2/h20-21,30,32,35-37,40-42H,3-19,22-29,31,33-34H2,1-2H3,(H,39,43)/b21-20-,32-30+. The van der Waals surface area contributed by atoms with E-state index in [0.717, 1.165) is 38.5 Å². The first-order valence-corrected chi connectivity index (χ1v) is 18.6. The zero-order chi connectivity index (χ0) is 31.6. The Morgan fingerprint density at radius 1 is 0.581 bits per heavy atom. The Morgan fingerprint density at radius 3 is 1.42 bits per heavy atom. The van der Waals surface area contributed by atoms with Crippen LogP contribution in [0.15, 0.2) is 24.3 Å². The number of aliphatic hydroxyl groups is 3. The second-order valence-corrected chi connectivity index (χ2v) is 12.8. The van der Waals surface area contributed by atoms with Crippen LogP contribution in [0.1, 0.15) is 187 Å². The van der Waals surface area contributed by atoms with Gasteiger partial charge in [-0.15, -0.1) is 0 Å². The van der Waals surface area contributed by atoms with Gasteiger partial charge < -0.3 is 20.6 Å². The molecule has 4 N–H and O–H groups in total. The van der Waals surface area contributed by atoms with Gasteiger partial charge in [-0.1, -0.05) is 160 Å². The van der Waals surface area contributed by atoms with Gasteiger partial charge in [-0.3, -0.25) is 4.79 Å². The van der Waals surface area contributed by atoms with Crippen LogP contribution in [0.4, 0.5) is 0 Å². The quantitative estimate of drug-likeness (QED) is 0.0441. The van der Waals surface area contributed by atoms with Crippen molar-refractivity contribution in [3.05, 3.63) is 24.3 Å². The third-order valence-electron chi connectivity index (χ3n) is 8.48. The molecular formula is C38H73NO4. The molecule has 0 aromatic rings. The average Bonchev–Trinajstić information content (AvgIpc) is 3.00. The number of hydrogen-bond acceptors (Lipinski definition) is 4. The molecule has 0 aliphatic heterocycles. The molecule has 3 unspecified atom stereocenters. The number of aliphatic hydroxyl groups excluding tert-OH is 3. The van der Waals surface area contributed by atoms with E-state index in [2.05, 4.69) is 31.3 Å². The monoisotopic (exact) mass is 608 g/mol. The minimum Gasteiger partial charge on any atom is -0.394 e. The van der Waals surface area contributed by atoms with Crippen LogP contribution in [-0.2, 0) is 4.79 Å². The first-order valence-electron chi connectivity index (χ1n) is 18.6. The van der Waals surface area contributed by atoms with Crippen molar-refractivity contribution in [2.45, 2.75) is 205 Å². The lowest BCUT2D eigenvalue weighted by atomic mass is 10.0. The maximum atomic E-state index is 12.3. The molecule has 0 spiro atoms. The predicted octanol–water partition coefficient (Wildman–Crippen LogP) is 9.87. The molecule has 0 aromatic heterocycles. The van der Waals surface area contributed by atoms with Crippen molar-refractivity contribution < 1.29 is 20.1 Å². The fraction of sp³-hybridized carbons (Fsp3) is 0.868. The largest absolute Gasteiger partial charge is 0.394 e. The van der Waals surface area contributed by atoms with Crippen LogP contribution >= 0.6 is 0 Å². The summed E-state index contributed by atoms with van der Waals surface area (Å²) >= 11 is 0. The normalized spacial score (nSPS) is 14.1. The number of carbonyl (C=O) groups excluding carboxylic acids is 1. The average molecular weight is 608 g/mol. The molecule has 43 heavy (non-hydrogen) atoms. The van der Waals surface area contributed by atoms with Crippen LogP contribution in [0.25, 0.3) is 0 Å². The van der Waals surface area contributed by atoms with Crippen LogP contribution in [0.2, 0.25) is 0 Å². The Balaban J connectivity index is 3.75. The zero-order valence-corrected chi connectivity index (χ0v) is 28.6. The Labute approximate surface area is 267 Å². The van der Waals surface area contributed by atoms with E-state index >= 15 is 0 Å². The van der Waals surface area contributed by atoms with Gasteiger partial charge in [0.05, 0.1) is 31.3 Å². The van der Waals surface area contributed by atoms with E-state index in [0.29, 0.717) is 6.42 Å². The summed E-state index contributed by atoms with van der Waals surface area (Å²) in [6.07, 6.45) is 38.7. The van der Waals surface area contributed by atoms with E-state index in [4.69, 9.17) is 0 Å². The van der Waals surface area contributed by atoms with Crippen LogP contribution in [-0.4, -0.2) is 46.1 Å². The molecule has 5 heteroatoms. The van der Waals surface area contributed by atoms with Gasteiger partial charge in [-0.05, 0) is 44.9 Å². The number of amides is 1. The molecule has 0 saturated carbocycles. The summed E-state index contributed by atoms with van der Waals surface area (Å²) in [4.78, 5) is 12.3. The lowest BCUT2D eigenvalue weighted by Crippen LogP contribution is -2.45. The second kappa shape index (κ2) is 33.7. The summed E-state index contributed by atoms with van der Waals surface area (Å²) in [5, 5.41) is 33.0. The van der Waals surface area contributed by atoms with Gasteiger partial charge >= 0.3 is 0 Å². The molecule has 0 saturated heterocycles. The van der Waals surface area contributed by atoms with E-state index in [9.17, 15) is 20.1 Å². The van der Waals surface area contributed by atoms with E-state index in [-0.39, 0.29) is 18.9 Å². The highest BCUT2D eigenvalue weighted by molar-refractivity contribution is 5.76. The molecule has 1 amide bonds. The summed E-state index contributed by atoms with van der Waals surface area (Å²) in [6, 6.07) is -0.744. The van der Waals surface area contributed by atoms with Crippen LogP contribution < -0.4 is 5.32 Å². The minimum absolute atomic E-state index is 0.00415. The van der Waals surface area contributed by atoms with Gasteiger partial charge in [0.2, 0.25) is 5.91 Å². The maximum Gasteiger partial charge on any atom is 0.222 e. The Hall–Kier alpha value is -1.17. The molecule has 0 aromatic carbocycles. The molecule has 0 aliphatic rings. The van der Waals surface area contributed by atoms with Gasteiger partial charge in [0, 0.05) is 0 Å². The maximum absolute atomic E-state index is 12.3. The number of allylic oxidation sites excluding steroid dienone is 3. The van der Waals surface area contributed by atoms with Crippen molar-refractivity contribution in [1.82, 2.24) is 5.32 Å². The molecule has 254 valence electrons. The summed E-state index contributed by atoms with van der Waals surface area (Å²) < 4.78 is 0. The van der Waals surface area contributed by atoms with Gasteiger partial charge in [-0.25, -0.2) is 0 Å². The Morgan fingerprint density at radius 2 is 0.977 bits per heavy atom. The number of unbranched alkanes of at least 4 members (excludes halogenated alkanes) is 22. The van der Waals surface area contributed by atoms with Crippen molar-refractivity contribution in [3.63, 3.8) is 0 Å². The summed E-state index contributed by atoms with van der Waals surface area (Å²) in [6.45, 7) is 4.18. The highest BCUT2D eigenvalue weighted by atomic mass is 16.3. The Bertz CT molecular complexity index is 635. The number of rotatable bonds is 33. The Kier molecular flexibility index (Phi) is 32.8. The molecule has 0 rings (SSSR count). The molecule has 0 aliphatic carbocycles. The molecular weight excluding hydrogens is 534 g/mol. The van der Waals surface area contributed by atoms with Crippen molar-refractivity contribution in [3.8, 4) is 0 Å². The van der Waals surface area contributed by atoms with E-state index in [1.54, 1.807) is 6.08 Å². The number of hydrogen-bond donors (Lipinski definition) is 4. The van der Waals surface area contributed by atoms with Gasteiger partial charge in [0.1, 0.15) is 0 Å². The minimum atomic E-state index is -0.928. The molecule has 0 heterocycles. The SMILES string of the molecule is CCCCCCCCCCC/C=C\CCCCCC(O)CC(=O)NC(CO)C(O)/C=C/CCCCCCCCCCCC. The first kappa shape index (κ1) is 41.8. The smallest absolute Gasteiger partial charge is 0.222 e. The summed E-state index contributed by atoms with van der Waals surface area (Å²) in [5.41, 5.74) is 0. The molecule has 3 atom stereocenters. The lowest BCUT2D eigenvalue weighted by Gasteiger charge is -2.21. The highest BCUT2D eigenvalue weighted by Crippen LogP contribution is 2.13. The molecule has 0 radical (unpaired) electrons. The lowest BCUT2D eigenvalue weighted by molar-refractivity contribution is -0.124. The zero-order valence-electron chi connectivity index (χ0n) is 28.6. The van der Waals surface area contributed by atoms with Crippen molar-refractivity contribution in [1.29, 1.82) is 0 Å². The van der Waals surface area contributed by atoms with Gasteiger partial charge in [-0.2, -0.15) is 0 Å². The fourth-order valence-corrected chi connectivity index (χ4v) is 5.57. The van der Waals surface area contributed by atoms with Gasteiger partial charge in [0.15, 0.2) is 0 Å². The predicted molar refractivity (Wildman–Crippen MR) is 185 cm³/mol. The van der Waals surface area contributed by atoms with Gasteiger partial charge in [0.25, 0.3) is 0 Å². The van der Waals surface area contributed by atoms with Crippen molar-refractivity contribution in [2.24, 2.45) is 0 Å². The third kappa shape index (κ3) is 30.6. The number of nitrogens with one attached hydrogen (secondary N) is 1. The van der Waals surface area contributed by atoms with Crippen molar-refractivity contribution >= 4 is 5.91 Å². The first-order chi connectivity index (χ1) is 21.0. The second-order valence-electron chi connectivity index (χ2n) is 12.8. The van der Waals surface area contributed by atoms with E-state index in [1.165, 1.54) is 122 Å². The summed E-state index contributed by atoms with van der Waals surface area (Å²) in [7, 11) is 0. The van der Waals surface area contributed by atoms with E-state index in [1.807, 2.05) is 6.08 Å². The van der Waals surface area contributed by atoms with E-state index < -0.39 is 18.2 Å². The summed E-state index contributed by atoms with van der Waals surface area (Å²) in [5.74, 6) is -0.326. The topological polar surface area (TPSA) is 89.8 Å². The number of carbonyl (C=O) groups is 1. The van der Waals surface area contributed by atoms with Crippen molar-refractivity contribution in [2.75, 3.05) is 6.61 Å². The van der Waals surface area contributed by atoms with Crippen LogP contribution in [0.5, 0.6) is 0 Å².